The highest BCUT2D eigenvalue weighted by Crippen LogP contribution is 2.01. The summed E-state index contributed by atoms with van der Waals surface area (Å²) in [7, 11) is 0. The van der Waals surface area contributed by atoms with E-state index in [2.05, 4.69) is 17.3 Å². The number of rotatable bonds is 5. The van der Waals surface area contributed by atoms with Gasteiger partial charge in [0.2, 0.25) is 0 Å². The number of nitrogens with zero attached hydrogens (tertiary/aromatic N) is 2. The van der Waals surface area contributed by atoms with Crippen LogP contribution in [-0.4, -0.2) is 15.8 Å². The number of aryl methyl sites for hydroxylation is 1. The maximum Gasteiger partial charge on any atom is 0.117 e. The molecule has 1 N–H and O–H groups in total. The van der Waals surface area contributed by atoms with Crippen molar-refractivity contribution in [3.63, 3.8) is 0 Å². The molecule has 2 aromatic heterocycles. The van der Waals surface area contributed by atoms with E-state index in [1.807, 2.05) is 36.1 Å². The normalized spacial score (nSPS) is 12.9. The molecular weight excluding hydrogens is 202 g/mol. The predicted molar refractivity (Wildman–Crippen MR) is 62.0 cm³/mol. The van der Waals surface area contributed by atoms with Gasteiger partial charge < -0.3 is 9.73 Å². The van der Waals surface area contributed by atoms with Crippen molar-refractivity contribution in [3.8, 4) is 0 Å². The second kappa shape index (κ2) is 4.99. The summed E-state index contributed by atoms with van der Waals surface area (Å²) < 4.78 is 7.21. The van der Waals surface area contributed by atoms with Crippen LogP contribution in [0.15, 0.2) is 35.2 Å². The first kappa shape index (κ1) is 11.0. The van der Waals surface area contributed by atoms with Gasteiger partial charge in [-0.1, -0.05) is 0 Å². The maximum atomic E-state index is 5.25. The SMILES string of the molecule is Cc1cnn(C[C@H](C)NCc2ccco2)c1. The van der Waals surface area contributed by atoms with E-state index in [9.17, 15) is 0 Å². The zero-order chi connectivity index (χ0) is 11.4. The first-order valence-electron chi connectivity index (χ1n) is 5.49. The molecule has 0 amide bonds. The van der Waals surface area contributed by atoms with Crippen molar-refractivity contribution in [2.24, 2.45) is 0 Å². The third kappa shape index (κ3) is 2.97. The Morgan fingerprint density at radius 1 is 1.56 bits per heavy atom. The van der Waals surface area contributed by atoms with Gasteiger partial charge in [-0.2, -0.15) is 5.10 Å². The number of furan rings is 1. The molecule has 0 spiro atoms. The van der Waals surface area contributed by atoms with Gasteiger partial charge in [0.15, 0.2) is 0 Å². The van der Waals surface area contributed by atoms with Gasteiger partial charge in [0, 0.05) is 12.2 Å². The molecule has 0 radical (unpaired) electrons. The minimum Gasteiger partial charge on any atom is -0.468 e. The summed E-state index contributed by atoms with van der Waals surface area (Å²) in [6, 6.07) is 4.24. The largest absolute Gasteiger partial charge is 0.468 e. The average molecular weight is 219 g/mol. The summed E-state index contributed by atoms with van der Waals surface area (Å²) in [5.41, 5.74) is 1.19. The molecule has 0 saturated heterocycles. The summed E-state index contributed by atoms with van der Waals surface area (Å²) in [6.07, 6.45) is 5.61. The van der Waals surface area contributed by atoms with Crippen LogP contribution >= 0.6 is 0 Å². The minimum absolute atomic E-state index is 0.365. The fourth-order valence-electron chi connectivity index (χ4n) is 1.60. The van der Waals surface area contributed by atoms with E-state index >= 15 is 0 Å². The van der Waals surface area contributed by atoms with Crippen LogP contribution in [0.2, 0.25) is 0 Å². The lowest BCUT2D eigenvalue weighted by atomic mass is 10.3. The van der Waals surface area contributed by atoms with Crippen molar-refractivity contribution >= 4 is 0 Å². The van der Waals surface area contributed by atoms with Gasteiger partial charge in [0.05, 0.1) is 25.5 Å². The number of nitrogens with one attached hydrogen (secondary N) is 1. The van der Waals surface area contributed by atoms with Crippen LogP contribution in [-0.2, 0) is 13.1 Å². The number of hydrogen-bond acceptors (Lipinski definition) is 3. The van der Waals surface area contributed by atoms with Crippen molar-refractivity contribution in [2.45, 2.75) is 33.0 Å². The van der Waals surface area contributed by atoms with E-state index in [0.717, 1.165) is 18.8 Å². The second-order valence-electron chi connectivity index (χ2n) is 4.10. The van der Waals surface area contributed by atoms with Crippen LogP contribution < -0.4 is 5.32 Å². The van der Waals surface area contributed by atoms with Gasteiger partial charge >= 0.3 is 0 Å². The first-order valence-corrected chi connectivity index (χ1v) is 5.49. The van der Waals surface area contributed by atoms with Gasteiger partial charge in [0.1, 0.15) is 5.76 Å². The molecule has 0 saturated carbocycles. The van der Waals surface area contributed by atoms with Gasteiger partial charge in [-0.05, 0) is 31.5 Å². The highest BCUT2D eigenvalue weighted by molar-refractivity contribution is 5.00. The molecule has 86 valence electrons. The molecule has 2 heterocycles. The smallest absolute Gasteiger partial charge is 0.117 e. The fraction of sp³-hybridized carbons (Fsp3) is 0.417. The van der Waals surface area contributed by atoms with Crippen LogP contribution in [0, 0.1) is 6.92 Å². The van der Waals surface area contributed by atoms with Crippen LogP contribution in [0.4, 0.5) is 0 Å². The van der Waals surface area contributed by atoms with E-state index in [1.165, 1.54) is 5.56 Å². The quantitative estimate of drug-likeness (QED) is 0.836. The average Bonchev–Trinajstić information content (AvgIpc) is 2.87. The van der Waals surface area contributed by atoms with Crippen molar-refractivity contribution in [1.29, 1.82) is 0 Å². The van der Waals surface area contributed by atoms with E-state index < -0.39 is 0 Å². The fourth-order valence-corrected chi connectivity index (χ4v) is 1.60. The molecule has 0 fully saturated rings. The summed E-state index contributed by atoms with van der Waals surface area (Å²) in [4.78, 5) is 0. The first-order chi connectivity index (χ1) is 7.74. The number of aromatic nitrogens is 2. The zero-order valence-corrected chi connectivity index (χ0v) is 9.68. The molecule has 0 aliphatic heterocycles. The summed E-state index contributed by atoms with van der Waals surface area (Å²) in [5.74, 6) is 0.962. The van der Waals surface area contributed by atoms with Crippen molar-refractivity contribution < 1.29 is 4.42 Å². The number of hydrogen-bond donors (Lipinski definition) is 1. The lowest BCUT2D eigenvalue weighted by Gasteiger charge is -2.12. The molecule has 0 bridgehead atoms. The Morgan fingerprint density at radius 3 is 3.06 bits per heavy atom. The lowest BCUT2D eigenvalue weighted by Crippen LogP contribution is -2.29. The Morgan fingerprint density at radius 2 is 2.44 bits per heavy atom. The molecule has 0 aliphatic rings. The molecule has 0 unspecified atom stereocenters. The van der Waals surface area contributed by atoms with Gasteiger partial charge in [-0.15, -0.1) is 0 Å². The zero-order valence-electron chi connectivity index (χ0n) is 9.68. The van der Waals surface area contributed by atoms with E-state index in [-0.39, 0.29) is 0 Å². The minimum atomic E-state index is 0.365. The van der Waals surface area contributed by atoms with Crippen LogP contribution in [0.3, 0.4) is 0 Å². The van der Waals surface area contributed by atoms with Gasteiger partial charge in [0.25, 0.3) is 0 Å². The van der Waals surface area contributed by atoms with Crippen molar-refractivity contribution in [1.82, 2.24) is 15.1 Å². The topological polar surface area (TPSA) is 43.0 Å². The molecule has 0 aliphatic carbocycles. The summed E-state index contributed by atoms with van der Waals surface area (Å²) >= 11 is 0. The molecule has 2 aromatic rings. The summed E-state index contributed by atoms with van der Waals surface area (Å²) in [5, 5.41) is 7.64. The molecule has 4 heteroatoms. The van der Waals surface area contributed by atoms with E-state index in [1.54, 1.807) is 6.26 Å². The second-order valence-corrected chi connectivity index (χ2v) is 4.10. The molecule has 0 aromatic carbocycles. The molecule has 16 heavy (non-hydrogen) atoms. The Bertz CT molecular complexity index is 419. The highest BCUT2D eigenvalue weighted by Gasteiger charge is 2.04. The Hall–Kier alpha value is -1.55. The molecular formula is C12H17N3O. The van der Waals surface area contributed by atoms with Crippen LogP contribution in [0.5, 0.6) is 0 Å². The molecule has 4 nitrogen and oxygen atoms in total. The maximum absolute atomic E-state index is 5.25. The van der Waals surface area contributed by atoms with Crippen molar-refractivity contribution in [3.05, 3.63) is 42.1 Å². The Kier molecular flexibility index (Phi) is 3.41. The highest BCUT2D eigenvalue weighted by atomic mass is 16.3. The Labute approximate surface area is 95.3 Å². The lowest BCUT2D eigenvalue weighted by molar-refractivity contribution is 0.415. The molecule has 1 atom stereocenters. The summed E-state index contributed by atoms with van der Waals surface area (Å²) in [6.45, 7) is 5.81. The van der Waals surface area contributed by atoms with Gasteiger partial charge in [-0.25, -0.2) is 0 Å². The third-order valence-corrected chi connectivity index (χ3v) is 2.43. The van der Waals surface area contributed by atoms with Crippen LogP contribution in [0.25, 0.3) is 0 Å². The monoisotopic (exact) mass is 219 g/mol. The Balaban J connectivity index is 1.78. The van der Waals surface area contributed by atoms with Gasteiger partial charge in [-0.3, -0.25) is 4.68 Å². The predicted octanol–water partition coefficient (Wildman–Crippen LogP) is 1.96. The third-order valence-electron chi connectivity index (χ3n) is 2.43. The van der Waals surface area contributed by atoms with Crippen LogP contribution in [0.1, 0.15) is 18.2 Å². The van der Waals surface area contributed by atoms with Crippen molar-refractivity contribution in [2.75, 3.05) is 0 Å². The standard InChI is InChI=1S/C12H17N3O/c1-10-6-14-15(8-10)9-11(2)13-7-12-4-3-5-16-12/h3-6,8,11,13H,7,9H2,1-2H3/t11-/m0/s1. The van der Waals surface area contributed by atoms with E-state index in [4.69, 9.17) is 4.42 Å². The molecule has 2 rings (SSSR count). The van der Waals surface area contributed by atoms with E-state index in [0.29, 0.717) is 6.04 Å².